The first-order chi connectivity index (χ1) is 8.13. The summed E-state index contributed by atoms with van der Waals surface area (Å²) >= 11 is 0. The molecule has 0 saturated carbocycles. The molecule has 0 unspecified atom stereocenters. The Morgan fingerprint density at radius 3 is 2.18 bits per heavy atom. The monoisotopic (exact) mass is 246 g/mol. The Morgan fingerprint density at radius 2 is 1.71 bits per heavy atom. The zero-order valence-electron chi connectivity index (χ0n) is 10.7. The number of hydrogen-bond acceptors (Lipinski definition) is 4. The third kappa shape index (κ3) is 8.65. The number of methoxy groups -OCH3 is 2. The van der Waals surface area contributed by atoms with E-state index < -0.39 is 0 Å². The molecule has 0 aromatic carbocycles. The Balaban J connectivity index is 3.77. The SMILES string of the molecule is CCC(=O)NCCC(=O)NC(COC)COC. The van der Waals surface area contributed by atoms with E-state index >= 15 is 0 Å². The zero-order chi connectivity index (χ0) is 13.1. The van der Waals surface area contributed by atoms with Crippen molar-refractivity contribution >= 4 is 11.8 Å². The minimum absolute atomic E-state index is 0.0527. The van der Waals surface area contributed by atoms with Crippen molar-refractivity contribution in [1.29, 1.82) is 0 Å². The van der Waals surface area contributed by atoms with Gasteiger partial charge >= 0.3 is 0 Å². The molecule has 0 aliphatic rings. The van der Waals surface area contributed by atoms with E-state index in [0.29, 0.717) is 26.2 Å². The van der Waals surface area contributed by atoms with Crippen LogP contribution in [0.25, 0.3) is 0 Å². The molecule has 100 valence electrons. The van der Waals surface area contributed by atoms with Crippen molar-refractivity contribution < 1.29 is 19.1 Å². The number of nitrogens with one attached hydrogen (secondary N) is 2. The predicted molar refractivity (Wildman–Crippen MR) is 63.6 cm³/mol. The van der Waals surface area contributed by atoms with Gasteiger partial charge in [0.15, 0.2) is 0 Å². The van der Waals surface area contributed by atoms with Gasteiger partial charge in [-0.1, -0.05) is 6.92 Å². The van der Waals surface area contributed by atoms with E-state index in [-0.39, 0.29) is 24.3 Å². The second-order valence-electron chi connectivity index (χ2n) is 3.63. The van der Waals surface area contributed by atoms with Gasteiger partial charge in [0.1, 0.15) is 0 Å². The third-order valence-electron chi connectivity index (χ3n) is 2.10. The van der Waals surface area contributed by atoms with Crippen LogP contribution in [0.4, 0.5) is 0 Å². The fourth-order valence-corrected chi connectivity index (χ4v) is 1.27. The van der Waals surface area contributed by atoms with Crippen molar-refractivity contribution in [1.82, 2.24) is 10.6 Å². The van der Waals surface area contributed by atoms with Crippen LogP contribution >= 0.6 is 0 Å². The summed E-state index contributed by atoms with van der Waals surface area (Å²) in [6.07, 6.45) is 0.688. The van der Waals surface area contributed by atoms with Gasteiger partial charge in [-0.05, 0) is 0 Å². The van der Waals surface area contributed by atoms with Gasteiger partial charge in [0, 0.05) is 33.6 Å². The van der Waals surface area contributed by atoms with Crippen molar-refractivity contribution in [3.8, 4) is 0 Å². The van der Waals surface area contributed by atoms with Gasteiger partial charge in [-0.25, -0.2) is 0 Å². The topological polar surface area (TPSA) is 76.7 Å². The maximum Gasteiger partial charge on any atom is 0.222 e. The summed E-state index contributed by atoms with van der Waals surface area (Å²) in [7, 11) is 3.13. The number of ether oxygens (including phenoxy) is 2. The first kappa shape index (κ1) is 15.9. The lowest BCUT2D eigenvalue weighted by molar-refractivity contribution is -0.123. The van der Waals surface area contributed by atoms with Gasteiger partial charge in [0.2, 0.25) is 11.8 Å². The lowest BCUT2D eigenvalue weighted by Gasteiger charge is -2.16. The minimum atomic E-state index is -0.153. The molecule has 0 atom stereocenters. The highest BCUT2D eigenvalue weighted by molar-refractivity contribution is 5.78. The van der Waals surface area contributed by atoms with Crippen molar-refractivity contribution in [2.45, 2.75) is 25.8 Å². The molecule has 0 aliphatic carbocycles. The molecule has 0 bridgehead atoms. The molecule has 17 heavy (non-hydrogen) atoms. The molecule has 2 amide bonds. The molecule has 0 aliphatic heterocycles. The van der Waals surface area contributed by atoms with Crippen LogP contribution < -0.4 is 10.6 Å². The number of rotatable bonds is 9. The number of carbonyl (C=O) groups excluding carboxylic acids is 2. The van der Waals surface area contributed by atoms with Crippen LogP contribution in [0.3, 0.4) is 0 Å². The van der Waals surface area contributed by atoms with E-state index in [1.54, 1.807) is 21.1 Å². The summed E-state index contributed by atoms with van der Waals surface area (Å²) in [6, 6.07) is -0.153. The molecule has 0 rings (SSSR count). The minimum Gasteiger partial charge on any atom is -0.382 e. The van der Waals surface area contributed by atoms with E-state index in [0.717, 1.165) is 0 Å². The van der Waals surface area contributed by atoms with E-state index in [2.05, 4.69) is 10.6 Å². The molecule has 0 spiro atoms. The summed E-state index contributed by atoms with van der Waals surface area (Å²) in [5.41, 5.74) is 0. The van der Waals surface area contributed by atoms with Crippen molar-refractivity contribution in [2.24, 2.45) is 0 Å². The van der Waals surface area contributed by atoms with Gasteiger partial charge in [-0.2, -0.15) is 0 Å². The largest absolute Gasteiger partial charge is 0.382 e. The number of amides is 2. The molecule has 0 aromatic rings. The first-order valence-corrected chi connectivity index (χ1v) is 5.68. The number of carbonyl (C=O) groups is 2. The molecule has 6 nitrogen and oxygen atoms in total. The maximum atomic E-state index is 11.5. The molecule has 0 radical (unpaired) electrons. The van der Waals surface area contributed by atoms with Gasteiger partial charge < -0.3 is 20.1 Å². The highest BCUT2D eigenvalue weighted by atomic mass is 16.5. The Kier molecular flexibility index (Phi) is 9.37. The quantitative estimate of drug-likeness (QED) is 0.584. The maximum absolute atomic E-state index is 11.5. The van der Waals surface area contributed by atoms with Crippen molar-refractivity contribution in [2.75, 3.05) is 34.0 Å². The molecule has 0 fully saturated rings. The highest BCUT2D eigenvalue weighted by Gasteiger charge is 2.11. The zero-order valence-corrected chi connectivity index (χ0v) is 10.7. The normalized spacial score (nSPS) is 10.4. The Bertz CT molecular complexity index is 228. The molecule has 0 aromatic heterocycles. The Morgan fingerprint density at radius 1 is 1.12 bits per heavy atom. The average Bonchev–Trinajstić information content (AvgIpc) is 2.29. The van der Waals surface area contributed by atoms with Crippen LogP contribution in [0.2, 0.25) is 0 Å². The van der Waals surface area contributed by atoms with Crippen molar-refractivity contribution in [3.63, 3.8) is 0 Å². The Hall–Kier alpha value is -1.14. The fraction of sp³-hybridized carbons (Fsp3) is 0.818. The molecular weight excluding hydrogens is 224 g/mol. The van der Waals surface area contributed by atoms with Gasteiger partial charge in [-0.15, -0.1) is 0 Å². The van der Waals surface area contributed by atoms with Gasteiger partial charge in [0.25, 0.3) is 0 Å². The van der Waals surface area contributed by atoms with E-state index in [1.165, 1.54) is 0 Å². The van der Waals surface area contributed by atoms with Crippen LogP contribution in [0, 0.1) is 0 Å². The van der Waals surface area contributed by atoms with Crippen LogP contribution in [-0.4, -0.2) is 51.8 Å². The third-order valence-corrected chi connectivity index (χ3v) is 2.10. The average molecular weight is 246 g/mol. The molecule has 6 heteroatoms. The predicted octanol–water partition coefficient (Wildman–Crippen LogP) is -0.320. The first-order valence-electron chi connectivity index (χ1n) is 5.68. The van der Waals surface area contributed by atoms with Crippen LogP contribution in [-0.2, 0) is 19.1 Å². The second kappa shape index (κ2) is 10.0. The number of hydrogen-bond donors (Lipinski definition) is 2. The van der Waals surface area contributed by atoms with Gasteiger partial charge in [-0.3, -0.25) is 9.59 Å². The standard InChI is InChI=1S/C11H22N2O4/c1-4-10(14)12-6-5-11(15)13-9(7-16-2)8-17-3/h9H,4-8H2,1-3H3,(H,12,14)(H,13,15). The van der Waals surface area contributed by atoms with Gasteiger partial charge in [0.05, 0.1) is 19.3 Å². The lowest BCUT2D eigenvalue weighted by atomic mass is 10.3. The summed E-state index contributed by atoms with van der Waals surface area (Å²) in [5, 5.41) is 5.41. The summed E-state index contributed by atoms with van der Waals surface area (Å²) in [6.45, 7) is 2.93. The molecule has 0 saturated heterocycles. The smallest absolute Gasteiger partial charge is 0.222 e. The van der Waals surface area contributed by atoms with Crippen LogP contribution in [0.1, 0.15) is 19.8 Å². The second-order valence-corrected chi connectivity index (χ2v) is 3.63. The highest BCUT2D eigenvalue weighted by Crippen LogP contribution is 1.89. The molecular formula is C11H22N2O4. The van der Waals surface area contributed by atoms with E-state index in [4.69, 9.17) is 9.47 Å². The lowest BCUT2D eigenvalue weighted by Crippen LogP contribution is -2.42. The van der Waals surface area contributed by atoms with E-state index in [9.17, 15) is 9.59 Å². The molecule has 2 N–H and O–H groups in total. The van der Waals surface area contributed by atoms with Crippen molar-refractivity contribution in [3.05, 3.63) is 0 Å². The summed E-state index contributed by atoms with van der Waals surface area (Å²) in [4.78, 5) is 22.4. The Labute approximate surface area is 102 Å². The fourth-order valence-electron chi connectivity index (χ4n) is 1.27. The summed E-state index contributed by atoms with van der Waals surface area (Å²) < 4.78 is 9.91. The van der Waals surface area contributed by atoms with Crippen LogP contribution in [0.15, 0.2) is 0 Å². The summed E-state index contributed by atoms with van der Waals surface area (Å²) in [5.74, 6) is -0.177. The molecule has 0 heterocycles. The van der Waals surface area contributed by atoms with Crippen LogP contribution in [0.5, 0.6) is 0 Å². The van der Waals surface area contributed by atoms with E-state index in [1.807, 2.05) is 0 Å².